The summed E-state index contributed by atoms with van der Waals surface area (Å²) in [5.74, 6) is -1.13. The molecule has 0 fully saturated rings. The molecule has 5 amide bonds. The van der Waals surface area contributed by atoms with Crippen LogP contribution in [0.4, 0.5) is 41.6 Å². The van der Waals surface area contributed by atoms with Crippen LogP contribution < -0.4 is 96.7 Å². The quantitative estimate of drug-likeness (QED) is 0.0127. The van der Waals surface area contributed by atoms with Gasteiger partial charge < -0.3 is 96.7 Å². The summed E-state index contributed by atoms with van der Waals surface area (Å²) in [7, 11) is 0. The predicted octanol–water partition coefficient (Wildman–Crippen LogP) is 11.4. The molecule has 0 aromatic heterocycles. The fourth-order valence-corrected chi connectivity index (χ4v) is 16.6. The van der Waals surface area contributed by atoms with Crippen molar-refractivity contribution in [1.29, 1.82) is 0 Å². The first-order chi connectivity index (χ1) is 67.1. The van der Waals surface area contributed by atoms with E-state index in [1.807, 2.05) is 72.8 Å². The van der Waals surface area contributed by atoms with Crippen LogP contribution in [0.15, 0.2) is 263 Å². The van der Waals surface area contributed by atoms with Crippen LogP contribution in [-0.4, -0.2) is 157 Å². The highest BCUT2D eigenvalue weighted by Gasteiger charge is 2.36. The fraction of sp³-hybridized carbons (Fsp3) is 0.315. The molecule has 0 saturated heterocycles. The number of nitrogens with zero attached hydrogens (tertiary/aromatic N) is 5. The van der Waals surface area contributed by atoms with Gasteiger partial charge in [-0.3, -0.25) is 24.0 Å². The average Bonchev–Trinajstić information content (AvgIpc) is 1.62. The first-order valence-corrected chi connectivity index (χ1v) is 48.3. The third-order valence-electron chi connectivity index (χ3n) is 24.8. The second-order valence-electron chi connectivity index (χ2n) is 36.2. The average molecular weight is 1960 g/mol. The molecule has 1 unspecified atom stereocenters. The number of fused-ring (bicyclic) bond motifs is 5. The molecule has 0 aliphatic carbocycles. The van der Waals surface area contributed by atoms with Gasteiger partial charge in [0, 0.05) is 112 Å². The Labute approximate surface area is 836 Å². The maximum absolute atomic E-state index is 13.4. The Morgan fingerprint density at radius 2 is 0.660 bits per heavy atom. The minimum Gasteiger partial charge on any atom is -1.00 e. The first-order valence-electron chi connectivity index (χ1n) is 47.8. The van der Waals surface area contributed by atoms with E-state index in [0.717, 1.165) is 182 Å². The Morgan fingerprint density at radius 1 is 0.369 bits per heavy atom. The summed E-state index contributed by atoms with van der Waals surface area (Å²) in [6.45, 7) is 13.6. The van der Waals surface area contributed by atoms with E-state index in [2.05, 4.69) is 182 Å². The third kappa shape index (κ3) is 32.6. The highest BCUT2D eigenvalue weighted by molar-refractivity contribution is 6.43. The van der Waals surface area contributed by atoms with Gasteiger partial charge in [-0.15, -0.1) is 11.6 Å². The van der Waals surface area contributed by atoms with E-state index < -0.39 is 0 Å². The normalized spacial score (nSPS) is 13.9. The van der Waals surface area contributed by atoms with Crippen molar-refractivity contribution in [3.63, 3.8) is 0 Å². The Kier molecular flexibility index (Phi) is 42.8. The number of carbonyl (C=O) groups excluding carboxylic acids is 5. The van der Waals surface area contributed by atoms with Crippen LogP contribution in [0.2, 0.25) is 0 Å². The van der Waals surface area contributed by atoms with Crippen LogP contribution in [0.5, 0.6) is 0 Å². The van der Waals surface area contributed by atoms with Crippen molar-refractivity contribution in [1.82, 2.24) is 32.7 Å². The molecule has 0 bridgehead atoms. The molecule has 5 heterocycles. The van der Waals surface area contributed by atoms with Crippen molar-refractivity contribution in [2.45, 2.75) is 160 Å². The molecule has 0 spiro atoms. The molecule has 11 aromatic rings. The lowest BCUT2D eigenvalue weighted by Gasteiger charge is -2.18. The van der Waals surface area contributed by atoms with Crippen LogP contribution in [-0.2, 0) is 62.6 Å². The van der Waals surface area contributed by atoms with E-state index >= 15 is 0 Å². The van der Waals surface area contributed by atoms with Crippen LogP contribution in [0.1, 0.15) is 116 Å². The molecule has 6 atom stereocenters. The number of carbonyl (C=O) groups is 5. The number of halogens is 5. The minimum atomic E-state index is -0.267. The van der Waals surface area contributed by atoms with Crippen molar-refractivity contribution in [2.75, 3.05) is 58.9 Å². The van der Waals surface area contributed by atoms with Crippen molar-refractivity contribution < 1.29 is 59.9 Å². The SMILES string of the molecule is CC(C)C(N)CC[C@H](N)CNC(=O)C1=Nc2cc(-c3ccc(F)cc3)ccc2C1.Cc1ccc(-c2ccc3c(c2)N=C(C(=O)NC[C@@H](Cl)CC[NH3+])C3)cc1.Cc1ccc(-c2ccc3c(c2)N=C(C(=O)NC[C@@H](N)CCCN)C3)cc1.N.NCCC[C@@H](N)CNC(=O)C1=Nc2cc(-c3ccc(F)cc3)ccc2C1.NCCC[C@H](N)CNC(=O)C1=[N+](Cc2ccccc2)c2cc(-c3ccc(F)cc3)ccc2C1.[Cl-]. The van der Waals surface area contributed by atoms with E-state index in [1.165, 1.54) is 47.5 Å². The summed E-state index contributed by atoms with van der Waals surface area (Å²) in [4.78, 5) is 80.7. The number of alkyl halides is 1. The number of hydrogen-bond acceptors (Lipinski definition) is 18. The van der Waals surface area contributed by atoms with E-state index in [9.17, 15) is 37.1 Å². The highest BCUT2D eigenvalue weighted by atomic mass is 35.5. The third-order valence-corrected chi connectivity index (χ3v) is 25.2. The topological polar surface area (TPSA) is 469 Å². The van der Waals surface area contributed by atoms with Gasteiger partial charge in [-0.1, -0.05) is 201 Å². The maximum atomic E-state index is 13.4. The minimum absolute atomic E-state index is 0. The van der Waals surface area contributed by atoms with Crippen molar-refractivity contribution >= 4 is 98.1 Å². The Bertz CT molecular complexity index is 6070. The lowest BCUT2D eigenvalue weighted by molar-refractivity contribution is -0.454. The summed E-state index contributed by atoms with van der Waals surface area (Å²) < 4.78 is 41.7. The number of hydrogen-bond donors (Lipinski definition) is 15. The molecule has 742 valence electrons. The van der Waals surface area contributed by atoms with Crippen molar-refractivity contribution in [3.05, 3.63) is 305 Å². The summed E-state index contributed by atoms with van der Waals surface area (Å²) >= 11 is 6.13. The number of nitrogens with one attached hydrogen (secondary N) is 5. The number of aryl methyl sites for hydroxylation is 2. The van der Waals surface area contributed by atoms with Crippen molar-refractivity contribution in [2.24, 2.45) is 71.8 Å². The maximum Gasteiger partial charge on any atom is 0.311 e. The van der Waals surface area contributed by atoms with Crippen LogP contribution in [0.25, 0.3) is 55.6 Å². The van der Waals surface area contributed by atoms with E-state index in [4.69, 9.17) is 57.5 Å². The molecule has 141 heavy (non-hydrogen) atoms. The molecule has 0 radical (unpaired) electrons. The van der Waals surface area contributed by atoms with Gasteiger partial charge in [0.15, 0.2) is 6.54 Å². The number of aliphatic imine (C=N–C) groups is 4. The molecule has 27 N–H and O–H groups in total. The predicted molar refractivity (Wildman–Crippen MR) is 562 cm³/mol. The zero-order valence-corrected chi connectivity index (χ0v) is 82.3. The van der Waals surface area contributed by atoms with Crippen LogP contribution in [0.3, 0.4) is 0 Å². The molecule has 5 aliphatic heterocycles. The molecule has 11 aromatic carbocycles. The molecule has 0 saturated carbocycles. The molecular formula is C111H134Cl2F3N20O5+. The zero-order chi connectivity index (χ0) is 99.0. The Morgan fingerprint density at radius 3 is 0.979 bits per heavy atom. The second-order valence-corrected chi connectivity index (χ2v) is 36.8. The summed E-state index contributed by atoms with van der Waals surface area (Å²) in [6, 6.07) is 76.0. The van der Waals surface area contributed by atoms with Crippen molar-refractivity contribution in [3.8, 4) is 55.6 Å². The van der Waals surface area contributed by atoms with Gasteiger partial charge in [0.1, 0.15) is 40.3 Å². The number of benzene rings is 11. The fourth-order valence-electron chi connectivity index (χ4n) is 16.3. The standard InChI is InChI=1S/C27H29FN4O.C23H29FN4O.C21H26N4O.C20H22ClN3O.C20H23FN4O.ClH.H3N/c28-23-12-10-20(11-13-23)21-8-9-22-16-26(27(33)31-17-24(30)7-4-14-29)32(25(22)15-21)18-19-5-2-1-3-6-19;1-14(2)20(26)10-9-19(25)13-27-23(29)22-12-17-4-3-16(11-21(17)28-22)15-5-7-18(24)8-6-15;1-14-4-6-15(7-5-14)16-8-9-17-12-20(25-19(17)11-16)21(26)24-13-18(23)3-2-10-22;1-13-2-4-14(5-3-13)15-6-7-16-11-19(24-18(16)10-15)20(25)23-12-17(21)8-9-22;21-16-7-5-13(6-8-16)14-3-4-15-11-19(25-18(15)10-14)20(26)24-12-17(23)2-1-9-22;;/h1-3,5-6,8-13,15,24H,4,7,14,16-18,29-30H2;3-8,11,14,19-20H,9-10,12-13,25-26H2,1-2H3,(H,27,29);4-9,11,18H,2-3,10,12-13,22-23H2,1H3,(H,24,26);2-7,10,17H,8-9,11-12,22H2,1H3,(H,23,25);3-8,10,17H,1-2,9,11-12,22-23H2,(H,24,26);1H;1H3/p+1/t24-;19-,20?;18-;2*17-;;/m00001../s1. The number of quaternary nitrogens is 1. The molecule has 30 heteroatoms. The van der Waals surface area contributed by atoms with E-state index in [-0.39, 0.29) is 101 Å². The first kappa shape index (κ1) is 110. The largest absolute Gasteiger partial charge is 1.00 e. The van der Waals surface area contributed by atoms with Gasteiger partial charge in [0.2, 0.25) is 5.69 Å². The van der Waals surface area contributed by atoms with Gasteiger partial charge >= 0.3 is 5.91 Å². The molecule has 5 aliphatic rings. The smallest absolute Gasteiger partial charge is 0.311 e. The summed E-state index contributed by atoms with van der Waals surface area (Å²) in [5, 5.41) is 14.4. The lowest BCUT2D eigenvalue weighted by Crippen LogP contribution is -3.00. The van der Waals surface area contributed by atoms with Crippen LogP contribution >= 0.6 is 11.6 Å². The molecule has 25 nitrogen and oxygen atoms in total. The van der Waals surface area contributed by atoms with Gasteiger partial charge in [0.25, 0.3) is 29.3 Å². The zero-order valence-electron chi connectivity index (χ0n) is 80.8. The van der Waals surface area contributed by atoms with E-state index in [1.54, 1.807) is 36.4 Å². The van der Waals surface area contributed by atoms with Gasteiger partial charge in [-0.2, -0.15) is 4.58 Å². The lowest BCUT2D eigenvalue weighted by atomic mass is 9.98. The van der Waals surface area contributed by atoms with E-state index in [0.29, 0.717) is 125 Å². The number of nitrogens with two attached hydrogens (primary N) is 8. The summed E-state index contributed by atoms with van der Waals surface area (Å²) in [5.41, 5.74) is 76.6. The molecule has 16 rings (SSSR count). The second kappa shape index (κ2) is 54.8. The molecular weight excluding hydrogens is 1820 g/mol. The van der Waals surface area contributed by atoms with Gasteiger partial charge in [-0.25, -0.2) is 33.1 Å². The number of rotatable bonds is 37. The van der Waals surface area contributed by atoms with Gasteiger partial charge in [-0.05, 0) is 229 Å². The van der Waals surface area contributed by atoms with Crippen LogP contribution in [0, 0.1) is 37.2 Å². The monoisotopic (exact) mass is 1950 g/mol. The summed E-state index contributed by atoms with van der Waals surface area (Å²) in [6.07, 6.45) is 10.00. The highest BCUT2D eigenvalue weighted by Crippen LogP contribution is 2.39. The number of amides is 5. The Balaban J connectivity index is 0.000000181. The Hall–Kier alpha value is -12.9. The van der Waals surface area contributed by atoms with Gasteiger partial charge in [0.05, 0.1) is 41.1 Å².